The maximum atomic E-state index is 5.99. The van der Waals surface area contributed by atoms with E-state index in [0.717, 1.165) is 28.7 Å². The topological polar surface area (TPSA) is 24.1 Å². The van der Waals surface area contributed by atoms with E-state index in [1.54, 1.807) is 0 Å². The van der Waals surface area contributed by atoms with E-state index in [2.05, 4.69) is 47.9 Å². The maximum Gasteiger partial charge on any atom is 0.171 e. The van der Waals surface area contributed by atoms with E-state index >= 15 is 0 Å². The highest BCUT2D eigenvalue weighted by Crippen LogP contribution is 2.34. The van der Waals surface area contributed by atoms with E-state index in [4.69, 9.17) is 23.8 Å². The third kappa shape index (κ3) is 5.20. The molecule has 1 aliphatic rings. The van der Waals surface area contributed by atoms with Crippen molar-refractivity contribution in [2.45, 2.75) is 51.0 Å². The molecule has 2 nitrogen and oxygen atoms in total. The quantitative estimate of drug-likeness (QED) is 0.641. The monoisotopic (exact) mass is 372 g/mol. The first kappa shape index (κ1) is 18.2. The molecule has 2 aromatic carbocycles. The standard InChI is InChI=1S/C21H25ClN2S/c1-16-5-4-6-19(15-16)23-20(25)24-21(12-2-3-13-21)14-11-17-7-9-18(22)10-8-17/h4-10,15H,2-3,11-14H2,1H3,(H2,23,24,25). The molecule has 3 rings (SSSR count). The van der Waals surface area contributed by atoms with Gasteiger partial charge in [-0.05, 0) is 80.2 Å². The second kappa shape index (κ2) is 8.20. The molecule has 0 unspecified atom stereocenters. The highest BCUT2D eigenvalue weighted by molar-refractivity contribution is 7.80. The van der Waals surface area contributed by atoms with Crippen LogP contribution in [0.4, 0.5) is 5.69 Å². The summed E-state index contributed by atoms with van der Waals surface area (Å²) in [6.45, 7) is 2.09. The number of halogens is 1. The molecule has 0 radical (unpaired) electrons. The Morgan fingerprint density at radius 3 is 2.52 bits per heavy atom. The van der Waals surface area contributed by atoms with E-state index in [9.17, 15) is 0 Å². The Labute approximate surface area is 161 Å². The minimum Gasteiger partial charge on any atom is -0.357 e. The summed E-state index contributed by atoms with van der Waals surface area (Å²) in [5.74, 6) is 0. The van der Waals surface area contributed by atoms with Gasteiger partial charge >= 0.3 is 0 Å². The van der Waals surface area contributed by atoms with Crippen molar-refractivity contribution in [2.24, 2.45) is 0 Å². The molecule has 0 aromatic heterocycles. The normalized spacial score (nSPS) is 15.8. The molecule has 1 saturated carbocycles. The van der Waals surface area contributed by atoms with Crippen molar-refractivity contribution >= 4 is 34.6 Å². The van der Waals surface area contributed by atoms with Gasteiger partial charge in [-0.3, -0.25) is 0 Å². The number of aryl methyl sites for hydroxylation is 2. The van der Waals surface area contributed by atoms with E-state index < -0.39 is 0 Å². The van der Waals surface area contributed by atoms with Crippen molar-refractivity contribution in [3.8, 4) is 0 Å². The Balaban J connectivity index is 1.61. The SMILES string of the molecule is Cc1cccc(NC(=S)NC2(CCc3ccc(Cl)cc3)CCCC2)c1. The molecular weight excluding hydrogens is 348 g/mol. The predicted molar refractivity (Wildman–Crippen MR) is 112 cm³/mol. The number of thiocarbonyl (C=S) groups is 1. The van der Waals surface area contributed by atoms with Gasteiger partial charge in [0.2, 0.25) is 0 Å². The Kier molecular flexibility index (Phi) is 5.98. The van der Waals surface area contributed by atoms with Crippen molar-refractivity contribution in [1.29, 1.82) is 0 Å². The zero-order chi connectivity index (χ0) is 17.7. The van der Waals surface area contributed by atoms with Gasteiger partial charge in [0, 0.05) is 16.2 Å². The second-order valence-corrected chi connectivity index (χ2v) is 7.91. The molecule has 0 amide bonds. The van der Waals surface area contributed by atoms with Crippen LogP contribution in [0.1, 0.15) is 43.2 Å². The Hall–Kier alpha value is -1.58. The Morgan fingerprint density at radius 1 is 1.12 bits per heavy atom. The third-order valence-electron chi connectivity index (χ3n) is 5.02. The number of hydrogen-bond donors (Lipinski definition) is 2. The molecule has 1 aliphatic carbocycles. The van der Waals surface area contributed by atoms with Crippen LogP contribution in [0.5, 0.6) is 0 Å². The summed E-state index contributed by atoms with van der Waals surface area (Å²) in [7, 11) is 0. The summed E-state index contributed by atoms with van der Waals surface area (Å²) in [6.07, 6.45) is 7.01. The van der Waals surface area contributed by atoms with Gasteiger partial charge in [0.1, 0.15) is 0 Å². The first-order valence-electron chi connectivity index (χ1n) is 8.95. The fourth-order valence-electron chi connectivity index (χ4n) is 3.65. The van der Waals surface area contributed by atoms with Gasteiger partial charge in [-0.2, -0.15) is 0 Å². The Morgan fingerprint density at radius 2 is 1.84 bits per heavy atom. The molecule has 0 aliphatic heterocycles. The van der Waals surface area contributed by atoms with Crippen molar-refractivity contribution in [3.63, 3.8) is 0 Å². The lowest BCUT2D eigenvalue weighted by Gasteiger charge is -2.32. The van der Waals surface area contributed by atoms with Crippen LogP contribution in [0.3, 0.4) is 0 Å². The molecule has 0 bridgehead atoms. The average molecular weight is 373 g/mol. The summed E-state index contributed by atoms with van der Waals surface area (Å²) in [4.78, 5) is 0. The predicted octanol–water partition coefficient (Wildman–Crippen LogP) is 5.88. The summed E-state index contributed by atoms with van der Waals surface area (Å²) in [5, 5.41) is 8.50. The molecular formula is C21H25ClN2S. The van der Waals surface area contributed by atoms with Gasteiger partial charge in [0.25, 0.3) is 0 Å². The fraction of sp³-hybridized carbons (Fsp3) is 0.381. The van der Waals surface area contributed by atoms with Crippen molar-refractivity contribution in [2.75, 3.05) is 5.32 Å². The summed E-state index contributed by atoms with van der Waals surface area (Å²) in [5.41, 5.74) is 3.71. The van der Waals surface area contributed by atoms with E-state index in [-0.39, 0.29) is 5.54 Å². The molecule has 25 heavy (non-hydrogen) atoms. The Bertz CT molecular complexity index is 721. The van der Waals surface area contributed by atoms with Crippen LogP contribution < -0.4 is 10.6 Å². The molecule has 2 aromatic rings. The van der Waals surface area contributed by atoms with Crippen LogP contribution in [-0.2, 0) is 6.42 Å². The van der Waals surface area contributed by atoms with Gasteiger partial charge in [0.05, 0.1) is 0 Å². The van der Waals surface area contributed by atoms with Gasteiger partial charge < -0.3 is 10.6 Å². The highest BCUT2D eigenvalue weighted by atomic mass is 35.5. The van der Waals surface area contributed by atoms with E-state index in [1.807, 2.05) is 18.2 Å². The highest BCUT2D eigenvalue weighted by Gasteiger charge is 2.34. The zero-order valence-electron chi connectivity index (χ0n) is 14.6. The number of anilines is 1. The van der Waals surface area contributed by atoms with Gasteiger partial charge in [-0.25, -0.2) is 0 Å². The van der Waals surface area contributed by atoms with Crippen LogP contribution in [0.2, 0.25) is 5.02 Å². The fourth-order valence-corrected chi connectivity index (χ4v) is 4.11. The van der Waals surface area contributed by atoms with Crippen molar-refractivity contribution in [1.82, 2.24) is 5.32 Å². The maximum absolute atomic E-state index is 5.99. The molecule has 132 valence electrons. The molecule has 0 saturated heterocycles. The molecule has 0 heterocycles. The number of nitrogens with one attached hydrogen (secondary N) is 2. The third-order valence-corrected chi connectivity index (χ3v) is 5.48. The number of rotatable bonds is 5. The summed E-state index contributed by atoms with van der Waals surface area (Å²) in [6, 6.07) is 16.5. The van der Waals surface area contributed by atoms with Gasteiger partial charge in [-0.15, -0.1) is 0 Å². The smallest absolute Gasteiger partial charge is 0.171 e. The summed E-state index contributed by atoms with van der Waals surface area (Å²) < 4.78 is 0. The van der Waals surface area contributed by atoms with Crippen LogP contribution in [0.15, 0.2) is 48.5 Å². The van der Waals surface area contributed by atoms with Crippen LogP contribution in [0.25, 0.3) is 0 Å². The van der Waals surface area contributed by atoms with Crippen LogP contribution in [-0.4, -0.2) is 10.7 Å². The number of hydrogen-bond acceptors (Lipinski definition) is 1. The first-order chi connectivity index (χ1) is 12.0. The van der Waals surface area contributed by atoms with Crippen molar-refractivity contribution < 1.29 is 0 Å². The minimum atomic E-state index is 0.105. The molecule has 2 N–H and O–H groups in total. The second-order valence-electron chi connectivity index (χ2n) is 7.06. The zero-order valence-corrected chi connectivity index (χ0v) is 16.2. The van der Waals surface area contributed by atoms with Crippen molar-refractivity contribution in [3.05, 3.63) is 64.7 Å². The molecule has 1 fully saturated rings. The molecule has 0 spiro atoms. The largest absolute Gasteiger partial charge is 0.357 e. The van der Waals surface area contributed by atoms with Gasteiger partial charge in [0.15, 0.2) is 5.11 Å². The lowest BCUT2D eigenvalue weighted by atomic mass is 9.89. The van der Waals surface area contributed by atoms with Gasteiger partial charge in [-0.1, -0.05) is 48.7 Å². The lowest BCUT2D eigenvalue weighted by Crippen LogP contribution is -2.48. The number of benzene rings is 2. The van der Waals surface area contributed by atoms with Crippen LogP contribution >= 0.6 is 23.8 Å². The molecule has 0 atom stereocenters. The minimum absolute atomic E-state index is 0.105. The van der Waals surface area contributed by atoms with Crippen LogP contribution in [0, 0.1) is 6.92 Å². The lowest BCUT2D eigenvalue weighted by molar-refractivity contribution is 0.362. The average Bonchev–Trinajstić information content (AvgIpc) is 3.03. The first-order valence-corrected chi connectivity index (χ1v) is 9.74. The van der Waals surface area contributed by atoms with E-state index in [0.29, 0.717) is 0 Å². The van der Waals surface area contributed by atoms with E-state index in [1.165, 1.54) is 36.8 Å². The molecule has 4 heteroatoms. The summed E-state index contributed by atoms with van der Waals surface area (Å²) >= 11 is 11.6.